The molecule has 126 valence electrons. The molecule has 0 radical (unpaired) electrons. The van der Waals surface area contributed by atoms with Crippen LogP contribution in [0.3, 0.4) is 0 Å². The third-order valence-electron chi connectivity index (χ3n) is 4.07. The number of carboxylic acid groups (broad SMARTS) is 1. The Kier molecular flexibility index (Phi) is 5.92. The number of hydrogen-bond donors (Lipinski definition) is 2. The molecule has 0 spiro atoms. The first-order chi connectivity index (χ1) is 11.0. The van der Waals surface area contributed by atoms with Crippen LogP contribution in [0.2, 0.25) is 0 Å². The molecule has 2 rings (SSSR count). The molecule has 1 heterocycles. The van der Waals surface area contributed by atoms with Crippen molar-refractivity contribution in [1.29, 1.82) is 0 Å². The number of carboxylic acids is 1. The van der Waals surface area contributed by atoms with E-state index in [1.54, 1.807) is 12.1 Å². The van der Waals surface area contributed by atoms with Gasteiger partial charge in [0.05, 0.1) is 12.5 Å². The lowest BCUT2D eigenvalue weighted by Gasteiger charge is -2.38. The van der Waals surface area contributed by atoms with E-state index >= 15 is 0 Å². The SMILES string of the molecule is CC(C(=O)NCCC(=O)O)N1CCN(c2ccc(F)cc2)CC1. The molecule has 1 unspecified atom stereocenters. The molecule has 1 aliphatic rings. The largest absolute Gasteiger partial charge is 0.481 e. The van der Waals surface area contributed by atoms with Crippen LogP contribution in [0.25, 0.3) is 0 Å². The van der Waals surface area contributed by atoms with Crippen molar-refractivity contribution < 1.29 is 19.1 Å². The first kappa shape index (κ1) is 17.2. The molecule has 1 aliphatic heterocycles. The predicted molar refractivity (Wildman–Crippen MR) is 84.9 cm³/mol. The quantitative estimate of drug-likeness (QED) is 0.815. The van der Waals surface area contributed by atoms with Gasteiger partial charge in [0.1, 0.15) is 5.82 Å². The maximum absolute atomic E-state index is 13.0. The number of aliphatic carboxylic acids is 1. The zero-order chi connectivity index (χ0) is 16.8. The number of carbonyl (C=O) groups excluding carboxylic acids is 1. The van der Waals surface area contributed by atoms with Gasteiger partial charge in [-0.25, -0.2) is 4.39 Å². The van der Waals surface area contributed by atoms with Gasteiger partial charge in [0.25, 0.3) is 0 Å². The van der Waals surface area contributed by atoms with Crippen molar-refractivity contribution in [3.05, 3.63) is 30.1 Å². The zero-order valence-corrected chi connectivity index (χ0v) is 13.2. The van der Waals surface area contributed by atoms with Gasteiger partial charge in [-0.1, -0.05) is 0 Å². The fraction of sp³-hybridized carbons (Fsp3) is 0.500. The van der Waals surface area contributed by atoms with Crippen LogP contribution < -0.4 is 10.2 Å². The molecular formula is C16H22FN3O3. The lowest BCUT2D eigenvalue weighted by Crippen LogP contribution is -2.54. The van der Waals surface area contributed by atoms with Gasteiger partial charge in [0.2, 0.25) is 5.91 Å². The summed E-state index contributed by atoms with van der Waals surface area (Å²) >= 11 is 0. The van der Waals surface area contributed by atoms with Gasteiger partial charge >= 0.3 is 5.97 Å². The minimum Gasteiger partial charge on any atom is -0.481 e. The number of benzene rings is 1. The molecule has 0 bridgehead atoms. The van der Waals surface area contributed by atoms with Gasteiger partial charge in [-0.2, -0.15) is 0 Å². The average molecular weight is 323 g/mol. The molecule has 1 fully saturated rings. The smallest absolute Gasteiger partial charge is 0.305 e. The second-order valence-electron chi connectivity index (χ2n) is 5.61. The van der Waals surface area contributed by atoms with Gasteiger partial charge in [-0.3, -0.25) is 14.5 Å². The summed E-state index contributed by atoms with van der Waals surface area (Å²) in [4.78, 5) is 26.7. The maximum Gasteiger partial charge on any atom is 0.305 e. The van der Waals surface area contributed by atoms with Gasteiger partial charge in [0, 0.05) is 38.4 Å². The van der Waals surface area contributed by atoms with Crippen LogP contribution in [0.4, 0.5) is 10.1 Å². The van der Waals surface area contributed by atoms with E-state index in [4.69, 9.17) is 5.11 Å². The summed E-state index contributed by atoms with van der Waals surface area (Å²) in [5, 5.41) is 11.2. The highest BCUT2D eigenvalue weighted by molar-refractivity contribution is 5.81. The van der Waals surface area contributed by atoms with E-state index in [-0.39, 0.29) is 30.7 Å². The van der Waals surface area contributed by atoms with Crippen LogP contribution in [0.15, 0.2) is 24.3 Å². The minimum atomic E-state index is -0.925. The van der Waals surface area contributed by atoms with Crippen molar-refractivity contribution >= 4 is 17.6 Å². The monoisotopic (exact) mass is 323 g/mol. The number of nitrogens with zero attached hydrogens (tertiary/aromatic N) is 2. The van der Waals surface area contributed by atoms with E-state index < -0.39 is 5.97 Å². The number of carbonyl (C=O) groups is 2. The summed E-state index contributed by atoms with van der Waals surface area (Å²) in [6, 6.07) is 6.11. The molecular weight excluding hydrogens is 301 g/mol. The van der Waals surface area contributed by atoms with Crippen LogP contribution in [0, 0.1) is 5.82 Å². The van der Waals surface area contributed by atoms with Crippen molar-refractivity contribution in [1.82, 2.24) is 10.2 Å². The minimum absolute atomic E-state index is 0.0726. The third kappa shape index (κ3) is 4.92. The van der Waals surface area contributed by atoms with Crippen molar-refractivity contribution in [2.45, 2.75) is 19.4 Å². The number of hydrogen-bond acceptors (Lipinski definition) is 4. The molecule has 7 heteroatoms. The Balaban J connectivity index is 1.80. The third-order valence-corrected chi connectivity index (χ3v) is 4.07. The Morgan fingerprint density at radius 1 is 1.22 bits per heavy atom. The van der Waals surface area contributed by atoms with Crippen LogP contribution in [-0.4, -0.2) is 60.6 Å². The highest BCUT2D eigenvalue weighted by Crippen LogP contribution is 2.17. The summed E-state index contributed by atoms with van der Waals surface area (Å²) in [5.74, 6) is -1.33. The lowest BCUT2D eigenvalue weighted by atomic mass is 10.2. The second kappa shape index (κ2) is 7.92. The molecule has 0 saturated carbocycles. The van der Waals surface area contributed by atoms with Gasteiger partial charge < -0.3 is 15.3 Å². The lowest BCUT2D eigenvalue weighted by molar-refractivity contribution is -0.137. The Labute approximate surface area is 134 Å². The number of anilines is 1. The van der Waals surface area contributed by atoms with E-state index in [9.17, 15) is 14.0 Å². The second-order valence-corrected chi connectivity index (χ2v) is 5.61. The highest BCUT2D eigenvalue weighted by atomic mass is 19.1. The summed E-state index contributed by atoms with van der Waals surface area (Å²) in [6.45, 7) is 4.95. The molecule has 6 nitrogen and oxygen atoms in total. The molecule has 0 aromatic heterocycles. The summed E-state index contributed by atoms with van der Waals surface area (Å²) in [7, 11) is 0. The van der Waals surface area contributed by atoms with Crippen LogP contribution in [-0.2, 0) is 9.59 Å². The molecule has 1 aromatic carbocycles. The van der Waals surface area contributed by atoms with E-state index in [2.05, 4.69) is 15.1 Å². The molecule has 2 N–H and O–H groups in total. The number of piperazine rings is 1. The number of halogens is 1. The Morgan fingerprint density at radius 3 is 2.39 bits per heavy atom. The summed E-state index contributed by atoms with van der Waals surface area (Å²) < 4.78 is 13.0. The molecule has 23 heavy (non-hydrogen) atoms. The average Bonchev–Trinajstić information content (AvgIpc) is 2.54. The van der Waals surface area contributed by atoms with Crippen molar-refractivity contribution in [2.24, 2.45) is 0 Å². The fourth-order valence-corrected chi connectivity index (χ4v) is 2.63. The first-order valence-corrected chi connectivity index (χ1v) is 7.71. The molecule has 1 saturated heterocycles. The standard InChI is InChI=1S/C16H22FN3O3/c1-12(16(23)18-7-6-15(21)22)19-8-10-20(11-9-19)14-4-2-13(17)3-5-14/h2-5,12H,6-11H2,1H3,(H,18,23)(H,21,22). The Hall–Kier alpha value is -2.15. The van der Waals surface area contributed by atoms with Crippen LogP contribution in [0.1, 0.15) is 13.3 Å². The topological polar surface area (TPSA) is 72.9 Å². The zero-order valence-electron chi connectivity index (χ0n) is 13.2. The van der Waals surface area contributed by atoms with Crippen molar-refractivity contribution in [3.63, 3.8) is 0 Å². The fourth-order valence-electron chi connectivity index (χ4n) is 2.63. The van der Waals surface area contributed by atoms with Gasteiger partial charge in [-0.05, 0) is 31.2 Å². The number of nitrogens with one attached hydrogen (secondary N) is 1. The normalized spacial score (nSPS) is 16.9. The van der Waals surface area contributed by atoms with Gasteiger partial charge in [-0.15, -0.1) is 0 Å². The Morgan fingerprint density at radius 2 is 1.83 bits per heavy atom. The Bertz CT molecular complexity index is 542. The van der Waals surface area contributed by atoms with Crippen molar-refractivity contribution in [3.8, 4) is 0 Å². The van der Waals surface area contributed by atoms with E-state index in [0.717, 1.165) is 31.9 Å². The molecule has 1 aromatic rings. The molecule has 1 atom stereocenters. The van der Waals surface area contributed by atoms with E-state index in [1.165, 1.54) is 12.1 Å². The van der Waals surface area contributed by atoms with Crippen molar-refractivity contribution in [2.75, 3.05) is 37.6 Å². The highest BCUT2D eigenvalue weighted by Gasteiger charge is 2.25. The molecule has 1 amide bonds. The van der Waals surface area contributed by atoms with Crippen LogP contribution in [0.5, 0.6) is 0 Å². The number of amides is 1. The summed E-state index contributed by atoms with van der Waals surface area (Å²) in [5.41, 5.74) is 0.976. The number of rotatable bonds is 6. The maximum atomic E-state index is 13.0. The van der Waals surface area contributed by atoms with Gasteiger partial charge in [0.15, 0.2) is 0 Å². The predicted octanol–water partition coefficient (Wildman–Crippen LogP) is 0.927. The first-order valence-electron chi connectivity index (χ1n) is 7.71. The summed E-state index contributed by atoms with van der Waals surface area (Å²) in [6.07, 6.45) is -0.0726. The van der Waals surface area contributed by atoms with E-state index in [1.807, 2.05) is 6.92 Å². The van der Waals surface area contributed by atoms with E-state index in [0.29, 0.717) is 0 Å². The van der Waals surface area contributed by atoms with Crippen LogP contribution >= 0.6 is 0 Å². The molecule has 0 aliphatic carbocycles.